The highest BCUT2D eigenvalue weighted by Gasteiger charge is 2.27. The van der Waals surface area contributed by atoms with E-state index in [0.717, 1.165) is 16.5 Å². The fourth-order valence-corrected chi connectivity index (χ4v) is 3.38. The van der Waals surface area contributed by atoms with Crippen molar-refractivity contribution in [3.63, 3.8) is 0 Å². The molecule has 2 aromatic carbocycles. The third-order valence-corrected chi connectivity index (χ3v) is 6.05. The monoisotopic (exact) mass is 502 g/mol. The molecule has 5 nitrogen and oxygen atoms in total. The average molecular weight is 503 g/mol. The second-order valence-electron chi connectivity index (χ2n) is 9.21. The van der Waals surface area contributed by atoms with Crippen LogP contribution in [-0.4, -0.2) is 35.4 Å². The van der Waals surface area contributed by atoms with E-state index >= 15 is 0 Å². The van der Waals surface area contributed by atoms with Crippen LogP contribution in [0.5, 0.6) is 5.75 Å². The molecule has 6 heteroatoms. The fourth-order valence-electron chi connectivity index (χ4n) is 3.11. The number of halogens is 1. The van der Waals surface area contributed by atoms with E-state index in [1.807, 2.05) is 62.4 Å². The van der Waals surface area contributed by atoms with Crippen molar-refractivity contribution in [3.8, 4) is 5.75 Å². The molecule has 1 N–H and O–H groups in total. The summed E-state index contributed by atoms with van der Waals surface area (Å²) in [5.74, 6) is 0.227. The maximum atomic E-state index is 13.1. The Morgan fingerprint density at radius 1 is 1.03 bits per heavy atom. The van der Waals surface area contributed by atoms with Crippen LogP contribution in [-0.2, 0) is 21.5 Å². The van der Waals surface area contributed by atoms with Gasteiger partial charge in [0.25, 0.3) is 5.91 Å². The Morgan fingerprint density at radius 3 is 2.16 bits per heavy atom. The summed E-state index contributed by atoms with van der Waals surface area (Å²) in [6.45, 7) is 12.4. The van der Waals surface area contributed by atoms with Gasteiger partial charge in [0, 0.05) is 17.1 Å². The number of nitrogens with zero attached hydrogens (tertiary/aromatic N) is 1. The number of carbonyl (C=O) groups is 2. The zero-order chi connectivity index (χ0) is 23.9. The molecule has 0 bridgehead atoms. The summed E-state index contributed by atoms with van der Waals surface area (Å²) in [6.07, 6.45) is 0.826. The standard InChI is InChI=1S/C26H35BrN2O3/c1-7-18(2)28-25(31)19(3)29(16-20-8-12-22(27)13-9-20)24(30)17-32-23-14-10-21(11-15-23)26(4,5)6/h8-15,18-19H,7,16-17H2,1-6H3,(H,28,31)/t18-,19-/m1/s1. The highest BCUT2D eigenvalue weighted by atomic mass is 79.9. The van der Waals surface area contributed by atoms with E-state index in [1.165, 1.54) is 5.56 Å². The summed E-state index contributed by atoms with van der Waals surface area (Å²) >= 11 is 3.43. The molecule has 0 aliphatic carbocycles. The van der Waals surface area contributed by atoms with E-state index < -0.39 is 6.04 Å². The predicted molar refractivity (Wildman–Crippen MR) is 133 cm³/mol. The van der Waals surface area contributed by atoms with Crippen LogP contribution in [0.4, 0.5) is 0 Å². The largest absolute Gasteiger partial charge is 0.484 e. The van der Waals surface area contributed by atoms with Crippen molar-refractivity contribution in [3.05, 3.63) is 64.1 Å². The molecule has 2 rings (SSSR count). The number of carbonyl (C=O) groups excluding carboxylic acids is 2. The lowest BCUT2D eigenvalue weighted by molar-refractivity contribution is -0.142. The van der Waals surface area contributed by atoms with Crippen molar-refractivity contribution in [2.75, 3.05) is 6.61 Å². The van der Waals surface area contributed by atoms with Gasteiger partial charge in [-0.15, -0.1) is 0 Å². The van der Waals surface area contributed by atoms with Crippen LogP contribution in [0, 0.1) is 0 Å². The minimum absolute atomic E-state index is 0.0483. The summed E-state index contributed by atoms with van der Waals surface area (Å²) in [5.41, 5.74) is 2.19. The molecule has 2 amide bonds. The molecule has 0 unspecified atom stereocenters. The van der Waals surface area contributed by atoms with Crippen LogP contribution in [0.2, 0.25) is 0 Å². The van der Waals surface area contributed by atoms with E-state index in [4.69, 9.17) is 4.74 Å². The number of benzene rings is 2. The lowest BCUT2D eigenvalue weighted by Gasteiger charge is -2.29. The molecular formula is C26H35BrN2O3. The second kappa shape index (κ2) is 11.5. The van der Waals surface area contributed by atoms with Gasteiger partial charge in [-0.05, 0) is 61.1 Å². The van der Waals surface area contributed by atoms with Gasteiger partial charge in [0.15, 0.2) is 6.61 Å². The molecule has 174 valence electrons. The Bertz CT molecular complexity index is 889. The Morgan fingerprint density at radius 2 is 1.62 bits per heavy atom. The lowest BCUT2D eigenvalue weighted by Crippen LogP contribution is -2.50. The number of hydrogen-bond acceptors (Lipinski definition) is 3. The maximum Gasteiger partial charge on any atom is 0.261 e. The van der Waals surface area contributed by atoms with Gasteiger partial charge in [0.1, 0.15) is 11.8 Å². The van der Waals surface area contributed by atoms with Crippen molar-refractivity contribution >= 4 is 27.7 Å². The van der Waals surface area contributed by atoms with E-state index in [9.17, 15) is 9.59 Å². The average Bonchev–Trinajstić information content (AvgIpc) is 2.76. The van der Waals surface area contributed by atoms with Crippen LogP contribution in [0.25, 0.3) is 0 Å². The predicted octanol–water partition coefficient (Wildman–Crippen LogP) is 5.46. The molecule has 0 aromatic heterocycles. The van der Waals surface area contributed by atoms with Crippen molar-refractivity contribution < 1.29 is 14.3 Å². The first-order valence-corrected chi connectivity index (χ1v) is 11.9. The van der Waals surface area contributed by atoms with E-state index in [2.05, 4.69) is 42.0 Å². The topological polar surface area (TPSA) is 58.6 Å². The summed E-state index contributed by atoms with van der Waals surface area (Å²) in [6, 6.07) is 15.0. The van der Waals surface area contributed by atoms with Crippen LogP contribution >= 0.6 is 15.9 Å². The molecule has 2 atom stereocenters. The molecule has 0 fully saturated rings. The summed E-state index contributed by atoms with van der Waals surface area (Å²) in [7, 11) is 0. The van der Waals surface area contributed by atoms with Crippen molar-refractivity contribution in [1.29, 1.82) is 0 Å². The first-order chi connectivity index (χ1) is 15.0. The zero-order valence-corrected chi connectivity index (χ0v) is 21.5. The van der Waals surface area contributed by atoms with Gasteiger partial charge in [-0.1, -0.05) is 67.9 Å². The molecular weight excluding hydrogens is 468 g/mol. The van der Waals surface area contributed by atoms with E-state index in [0.29, 0.717) is 12.3 Å². The van der Waals surface area contributed by atoms with Crippen LogP contribution in [0.15, 0.2) is 53.0 Å². The van der Waals surface area contributed by atoms with Gasteiger partial charge < -0.3 is 15.0 Å². The zero-order valence-electron chi connectivity index (χ0n) is 19.9. The molecule has 0 saturated carbocycles. The molecule has 0 spiro atoms. The lowest BCUT2D eigenvalue weighted by atomic mass is 9.87. The van der Waals surface area contributed by atoms with Gasteiger partial charge in [-0.3, -0.25) is 9.59 Å². The molecule has 0 heterocycles. The molecule has 32 heavy (non-hydrogen) atoms. The van der Waals surface area contributed by atoms with Crippen LogP contribution in [0.3, 0.4) is 0 Å². The Labute approximate surface area is 200 Å². The second-order valence-corrected chi connectivity index (χ2v) is 10.1. The number of ether oxygens (including phenoxy) is 1. The minimum atomic E-state index is -0.619. The Hall–Kier alpha value is -2.34. The molecule has 0 aliphatic rings. The van der Waals surface area contributed by atoms with Gasteiger partial charge in [-0.2, -0.15) is 0 Å². The summed E-state index contributed by atoms with van der Waals surface area (Å²) in [4.78, 5) is 27.5. The summed E-state index contributed by atoms with van der Waals surface area (Å²) < 4.78 is 6.74. The van der Waals surface area contributed by atoms with Gasteiger partial charge >= 0.3 is 0 Å². The highest BCUT2D eigenvalue weighted by molar-refractivity contribution is 9.10. The smallest absolute Gasteiger partial charge is 0.261 e. The highest BCUT2D eigenvalue weighted by Crippen LogP contribution is 2.24. The van der Waals surface area contributed by atoms with Gasteiger partial charge in [-0.25, -0.2) is 0 Å². The number of hydrogen-bond donors (Lipinski definition) is 1. The van der Waals surface area contributed by atoms with Crippen molar-refractivity contribution in [2.24, 2.45) is 0 Å². The van der Waals surface area contributed by atoms with Crippen molar-refractivity contribution in [1.82, 2.24) is 10.2 Å². The first-order valence-electron chi connectivity index (χ1n) is 11.1. The normalized spacial score (nSPS) is 13.2. The van der Waals surface area contributed by atoms with Gasteiger partial charge in [0.2, 0.25) is 5.91 Å². The van der Waals surface area contributed by atoms with Crippen LogP contribution < -0.4 is 10.1 Å². The first kappa shape index (κ1) is 25.9. The van der Waals surface area contributed by atoms with Gasteiger partial charge in [0.05, 0.1) is 0 Å². The molecule has 0 radical (unpaired) electrons. The minimum Gasteiger partial charge on any atom is -0.484 e. The number of rotatable bonds is 9. The quantitative estimate of drug-likeness (QED) is 0.495. The third kappa shape index (κ3) is 7.66. The third-order valence-electron chi connectivity index (χ3n) is 5.52. The van der Waals surface area contributed by atoms with Crippen molar-refractivity contribution in [2.45, 2.75) is 72.0 Å². The number of amides is 2. The SMILES string of the molecule is CC[C@@H](C)NC(=O)[C@@H](C)N(Cc1ccc(Br)cc1)C(=O)COc1ccc(C(C)(C)C)cc1. The summed E-state index contributed by atoms with van der Waals surface area (Å²) in [5, 5.41) is 2.97. The fraction of sp³-hybridized carbons (Fsp3) is 0.462. The Kier molecular flexibility index (Phi) is 9.32. The maximum absolute atomic E-state index is 13.1. The molecule has 0 aliphatic heterocycles. The molecule has 0 saturated heterocycles. The Balaban J connectivity index is 2.13. The number of nitrogens with one attached hydrogen (secondary N) is 1. The van der Waals surface area contributed by atoms with E-state index in [-0.39, 0.29) is 29.9 Å². The molecule has 2 aromatic rings. The van der Waals surface area contributed by atoms with Crippen LogP contribution in [0.1, 0.15) is 59.1 Å². The van der Waals surface area contributed by atoms with E-state index in [1.54, 1.807) is 11.8 Å².